The Hall–Kier alpha value is -0.740. The van der Waals surface area contributed by atoms with Gasteiger partial charge in [0.2, 0.25) is 0 Å². The minimum absolute atomic E-state index is 0.925. The van der Waals surface area contributed by atoms with Crippen LogP contribution in [0, 0.1) is 13.8 Å². The van der Waals surface area contributed by atoms with E-state index in [1.54, 1.807) is 0 Å². The van der Waals surface area contributed by atoms with Crippen molar-refractivity contribution < 1.29 is 0 Å². The molecule has 106 valence electrons. The lowest BCUT2D eigenvalue weighted by molar-refractivity contribution is 0.708. The summed E-state index contributed by atoms with van der Waals surface area (Å²) in [4.78, 5) is 7.31. The summed E-state index contributed by atoms with van der Waals surface area (Å²) in [5.41, 5.74) is 3.87. The van der Waals surface area contributed by atoms with E-state index < -0.39 is 0 Å². The van der Waals surface area contributed by atoms with Crippen molar-refractivity contribution in [2.45, 2.75) is 33.7 Å². The highest BCUT2D eigenvalue weighted by Crippen LogP contribution is 2.25. The fourth-order valence-corrected chi connectivity index (χ4v) is 3.42. The fourth-order valence-electron chi connectivity index (χ4n) is 2.53. The number of aromatic nitrogens is 1. The normalized spacial score (nSPS) is 16.5. The topological polar surface area (TPSA) is 28.2 Å². The minimum atomic E-state index is 0.925. The van der Waals surface area contributed by atoms with E-state index in [0.29, 0.717) is 0 Å². The molecule has 0 aliphatic carbocycles. The maximum Gasteiger partial charge on any atom is 0.133 e. The minimum Gasteiger partial charge on any atom is -0.355 e. The first-order chi connectivity index (χ1) is 9.22. The third kappa shape index (κ3) is 3.86. The Labute approximate surface area is 121 Å². The molecule has 0 saturated carbocycles. The van der Waals surface area contributed by atoms with Crippen molar-refractivity contribution in [3.8, 4) is 0 Å². The smallest absolute Gasteiger partial charge is 0.133 e. The quantitative estimate of drug-likeness (QED) is 0.917. The van der Waals surface area contributed by atoms with Gasteiger partial charge in [-0.1, -0.05) is 6.92 Å². The van der Waals surface area contributed by atoms with Crippen molar-refractivity contribution in [3.05, 3.63) is 22.9 Å². The average molecular weight is 279 g/mol. The molecule has 1 aliphatic rings. The number of thioether (sulfide) groups is 1. The van der Waals surface area contributed by atoms with Gasteiger partial charge in [0, 0.05) is 36.6 Å². The number of anilines is 1. The van der Waals surface area contributed by atoms with Crippen molar-refractivity contribution in [1.29, 1.82) is 0 Å². The van der Waals surface area contributed by atoms with E-state index in [-0.39, 0.29) is 0 Å². The number of pyridine rings is 1. The molecule has 19 heavy (non-hydrogen) atoms. The Morgan fingerprint density at radius 3 is 2.95 bits per heavy atom. The molecule has 0 radical (unpaired) electrons. The molecule has 1 fully saturated rings. The summed E-state index contributed by atoms with van der Waals surface area (Å²) in [7, 11) is 0. The molecular formula is C15H25N3S. The van der Waals surface area contributed by atoms with E-state index in [9.17, 15) is 0 Å². The Morgan fingerprint density at radius 2 is 2.16 bits per heavy atom. The second-order valence-electron chi connectivity index (χ2n) is 5.12. The predicted octanol–water partition coefficient (Wildman–Crippen LogP) is 2.75. The van der Waals surface area contributed by atoms with E-state index in [4.69, 9.17) is 4.98 Å². The van der Waals surface area contributed by atoms with Crippen LogP contribution in [0.3, 0.4) is 0 Å². The van der Waals surface area contributed by atoms with Crippen LogP contribution >= 0.6 is 11.8 Å². The monoisotopic (exact) mass is 279 g/mol. The molecule has 0 atom stereocenters. The van der Waals surface area contributed by atoms with Crippen LogP contribution in [0.4, 0.5) is 5.82 Å². The molecule has 0 amide bonds. The fraction of sp³-hybridized carbons (Fsp3) is 0.667. The van der Waals surface area contributed by atoms with Gasteiger partial charge in [0.15, 0.2) is 0 Å². The van der Waals surface area contributed by atoms with Crippen LogP contribution < -0.4 is 10.2 Å². The summed E-state index contributed by atoms with van der Waals surface area (Å²) in [5.74, 6) is 3.71. The molecule has 2 heterocycles. The van der Waals surface area contributed by atoms with Gasteiger partial charge in [-0.05, 0) is 44.2 Å². The second-order valence-corrected chi connectivity index (χ2v) is 6.34. The van der Waals surface area contributed by atoms with Crippen LogP contribution in [-0.4, -0.2) is 36.1 Å². The highest BCUT2D eigenvalue weighted by Gasteiger charge is 2.17. The molecule has 0 unspecified atom stereocenters. The molecule has 2 rings (SSSR count). The molecule has 1 N–H and O–H groups in total. The lowest BCUT2D eigenvalue weighted by Gasteiger charge is -2.25. The average Bonchev–Trinajstić information content (AvgIpc) is 2.65. The number of rotatable bonds is 4. The molecule has 1 aliphatic heterocycles. The van der Waals surface area contributed by atoms with E-state index in [2.05, 4.69) is 48.8 Å². The molecule has 1 aromatic heterocycles. The van der Waals surface area contributed by atoms with Crippen LogP contribution in [0.1, 0.15) is 30.2 Å². The first-order valence-electron chi connectivity index (χ1n) is 7.23. The van der Waals surface area contributed by atoms with Gasteiger partial charge in [-0.2, -0.15) is 11.8 Å². The maximum absolute atomic E-state index is 4.83. The summed E-state index contributed by atoms with van der Waals surface area (Å²) in [6, 6.07) is 2.20. The zero-order chi connectivity index (χ0) is 13.7. The van der Waals surface area contributed by atoms with Crippen molar-refractivity contribution in [2.75, 3.05) is 36.0 Å². The van der Waals surface area contributed by atoms with Gasteiger partial charge in [-0.3, -0.25) is 0 Å². The molecule has 4 heteroatoms. The Kier molecular flexibility index (Phi) is 5.52. The lowest BCUT2D eigenvalue weighted by Crippen LogP contribution is -2.29. The first-order valence-corrected chi connectivity index (χ1v) is 8.38. The van der Waals surface area contributed by atoms with Gasteiger partial charge in [0.1, 0.15) is 5.82 Å². The Balaban J connectivity index is 2.29. The number of hydrogen-bond acceptors (Lipinski definition) is 4. The maximum atomic E-state index is 4.83. The van der Waals surface area contributed by atoms with E-state index in [1.165, 1.54) is 34.9 Å². The van der Waals surface area contributed by atoms with Crippen molar-refractivity contribution in [2.24, 2.45) is 0 Å². The first kappa shape index (κ1) is 14.7. The molecule has 0 aromatic carbocycles. The second kappa shape index (κ2) is 7.15. The van der Waals surface area contributed by atoms with Gasteiger partial charge in [0.05, 0.1) is 0 Å². The van der Waals surface area contributed by atoms with Crippen LogP contribution in [-0.2, 0) is 6.54 Å². The highest BCUT2D eigenvalue weighted by molar-refractivity contribution is 7.99. The van der Waals surface area contributed by atoms with E-state index >= 15 is 0 Å². The highest BCUT2D eigenvalue weighted by atomic mass is 32.2. The van der Waals surface area contributed by atoms with Gasteiger partial charge < -0.3 is 10.2 Å². The standard InChI is InChI=1S/C15H25N3S/c1-4-16-11-14-12(2)10-13(3)17-15(14)18-6-5-8-19-9-7-18/h10,16H,4-9,11H2,1-3H3. The number of nitrogens with zero attached hydrogens (tertiary/aromatic N) is 2. The Morgan fingerprint density at radius 1 is 1.32 bits per heavy atom. The van der Waals surface area contributed by atoms with Gasteiger partial charge in [-0.15, -0.1) is 0 Å². The predicted molar refractivity (Wildman–Crippen MR) is 85.2 cm³/mol. The summed E-state index contributed by atoms with van der Waals surface area (Å²) in [6.07, 6.45) is 1.26. The summed E-state index contributed by atoms with van der Waals surface area (Å²) in [6.45, 7) is 10.6. The third-order valence-electron chi connectivity index (χ3n) is 3.53. The van der Waals surface area contributed by atoms with E-state index in [1.807, 2.05) is 0 Å². The van der Waals surface area contributed by atoms with Gasteiger partial charge >= 0.3 is 0 Å². The molecular weight excluding hydrogens is 254 g/mol. The largest absolute Gasteiger partial charge is 0.355 e. The molecule has 1 aromatic rings. The number of hydrogen-bond donors (Lipinski definition) is 1. The number of nitrogens with one attached hydrogen (secondary N) is 1. The van der Waals surface area contributed by atoms with Crippen LogP contribution in [0.2, 0.25) is 0 Å². The van der Waals surface area contributed by atoms with Crippen molar-refractivity contribution in [1.82, 2.24) is 10.3 Å². The molecule has 0 spiro atoms. The summed E-state index contributed by atoms with van der Waals surface area (Å²) in [5, 5.41) is 3.45. The van der Waals surface area contributed by atoms with Crippen molar-refractivity contribution in [3.63, 3.8) is 0 Å². The van der Waals surface area contributed by atoms with Crippen molar-refractivity contribution >= 4 is 17.6 Å². The lowest BCUT2D eigenvalue weighted by atomic mass is 10.1. The molecule has 1 saturated heterocycles. The van der Waals surface area contributed by atoms with E-state index in [0.717, 1.165) is 31.9 Å². The third-order valence-corrected chi connectivity index (χ3v) is 4.58. The van der Waals surface area contributed by atoms with Gasteiger partial charge in [-0.25, -0.2) is 4.98 Å². The van der Waals surface area contributed by atoms with Crippen LogP contribution in [0.15, 0.2) is 6.07 Å². The number of aryl methyl sites for hydroxylation is 2. The zero-order valence-electron chi connectivity index (χ0n) is 12.3. The summed E-state index contributed by atoms with van der Waals surface area (Å²) < 4.78 is 0. The molecule has 3 nitrogen and oxygen atoms in total. The molecule has 0 bridgehead atoms. The zero-order valence-corrected chi connectivity index (χ0v) is 13.1. The summed E-state index contributed by atoms with van der Waals surface area (Å²) >= 11 is 2.06. The Bertz CT molecular complexity index is 412. The SMILES string of the molecule is CCNCc1c(C)cc(C)nc1N1CCCSCC1. The van der Waals surface area contributed by atoms with Crippen LogP contribution in [0.5, 0.6) is 0 Å². The van der Waals surface area contributed by atoms with Gasteiger partial charge in [0.25, 0.3) is 0 Å². The van der Waals surface area contributed by atoms with Crippen LogP contribution in [0.25, 0.3) is 0 Å².